The number of carbonyl (C=O) groups excluding carboxylic acids is 1. The second-order valence-corrected chi connectivity index (χ2v) is 4.74. The summed E-state index contributed by atoms with van der Waals surface area (Å²) in [6.07, 6.45) is 0.868. The van der Waals surface area contributed by atoms with Gasteiger partial charge in [-0.25, -0.2) is 9.18 Å². The molecule has 0 unspecified atom stereocenters. The van der Waals surface area contributed by atoms with Gasteiger partial charge in [0.05, 0.1) is 0 Å². The molecule has 2 rings (SSSR count). The third kappa shape index (κ3) is 4.77. The van der Waals surface area contributed by atoms with Crippen molar-refractivity contribution >= 4 is 6.03 Å². The summed E-state index contributed by atoms with van der Waals surface area (Å²) in [6, 6.07) is 13.4. The van der Waals surface area contributed by atoms with Gasteiger partial charge < -0.3 is 15.4 Å². The van der Waals surface area contributed by atoms with E-state index in [1.807, 2.05) is 31.2 Å². The fraction of sp³-hybridized carbons (Fsp3) is 0.235. The van der Waals surface area contributed by atoms with Gasteiger partial charge in [0.15, 0.2) is 6.73 Å². The van der Waals surface area contributed by atoms with Crippen LogP contribution in [-0.2, 0) is 13.0 Å². The Kier molecular flexibility index (Phi) is 5.77. The van der Waals surface area contributed by atoms with E-state index in [-0.39, 0.29) is 18.6 Å². The minimum atomic E-state index is -0.335. The molecular formula is C17H19FN2O2. The SMILES string of the molecule is CCc1ccccc1OCNC(=O)NCc1ccc(F)cc1. The van der Waals surface area contributed by atoms with Gasteiger partial charge in [0.2, 0.25) is 0 Å². The molecule has 0 bridgehead atoms. The van der Waals surface area contributed by atoms with Crippen LogP contribution in [0.25, 0.3) is 0 Å². The van der Waals surface area contributed by atoms with Crippen molar-refractivity contribution in [2.75, 3.05) is 6.73 Å². The van der Waals surface area contributed by atoms with E-state index in [0.29, 0.717) is 6.54 Å². The topological polar surface area (TPSA) is 50.4 Å². The minimum absolute atomic E-state index is 0.0895. The molecule has 0 fully saturated rings. The van der Waals surface area contributed by atoms with E-state index in [2.05, 4.69) is 10.6 Å². The van der Waals surface area contributed by atoms with Crippen LogP contribution < -0.4 is 15.4 Å². The molecule has 0 aliphatic rings. The number of urea groups is 1. The van der Waals surface area contributed by atoms with Crippen molar-refractivity contribution in [3.63, 3.8) is 0 Å². The summed E-state index contributed by atoms with van der Waals surface area (Å²) < 4.78 is 18.3. The van der Waals surface area contributed by atoms with Crippen molar-refractivity contribution < 1.29 is 13.9 Å². The van der Waals surface area contributed by atoms with E-state index in [1.54, 1.807) is 12.1 Å². The van der Waals surface area contributed by atoms with Gasteiger partial charge in [-0.1, -0.05) is 37.3 Å². The highest BCUT2D eigenvalue weighted by atomic mass is 19.1. The normalized spacial score (nSPS) is 10.1. The first kappa shape index (κ1) is 15.8. The Balaban J connectivity index is 1.72. The maximum atomic E-state index is 12.8. The van der Waals surface area contributed by atoms with Crippen LogP contribution >= 0.6 is 0 Å². The molecule has 0 aliphatic heterocycles. The lowest BCUT2D eigenvalue weighted by atomic mass is 10.1. The Morgan fingerprint density at radius 3 is 2.55 bits per heavy atom. The van der Waals surface area contributed by atoms with Gasteiger partial charge in [-0.05, 0) is 35.7 Å². The molecule has 0 aromatic heterocycles. The molecule has 2 aromatic rings. The fourth-order valence-corrected chi connectivity index (χ4v) is 1.96. The summed E-state index contributed by atoms with van der Waals surface area (Å²) in [7, 11) is 0. The lowest BCUT2D eigenvalue weighted by molar-refractivity contribution is 0.223. The van der Waals surface area contributed by atoms with E-state index < -0.39 is 0 Å². The highest BCUT2D eigenvalue weighted by Gasteiger charge is 2.03. The van der Waals surface area contributed by atoms with Gasteiger partial charge in [0.25, 0.3) is 0 Å². The maximum absolute atomic E-state index is 12.8. The highest BCUT2D eigenvalue weighted by Crippen LogP contribution is 2.17. The number of halogens is 1. The van der Waals surface area contributed by atoms with Gasteiger partial charge in [0, 0.05) is 6.54 Å². The molecule has 0 saturated carbocycles. The van der Waals surface area contributed by atoms with Crippen LogP contribution in [0.4, 0.5) is 9.18 Å². The van der Waals surface area contributed by atoms with E-state index in [1.165, 1.54) is 12.1 Å². The third-order valence-corrected chi connectivity index (χ3v) is 3.18. The summed E-state index contributed by atoms with van der Waals surface area (Å²) in [5.74, 6) is 0.472. The molecule has 0 spiro atoms. The Morgan fingerprint density at radius 1 is 1.09 bits per heavy atom. The fourth-order valence-electron chi connectivity index (χ4n) is 1.96. The molecule has 0 radical (unpaired) electrons. The Bertz CT molecular complexity index is 614. The second-order valence-electron chi connectivity index (χ2n) is 4.74. The van der Waals surface area contributed by atoms with Crippen molar-refractivity contribution in [1.29, 1.82) is 0 Å². The van der Waals surface area contributed by atoms with Crippen LogP contribution in [0.2, 0.25) is 0 Å². The van der Waals surface area contributed by atoms with Crippen molar-refractivity contribution in [3.8, 4) is 5.75 Å². The number of aryl methyl sites for hydroxylation is 1. The Labute approximate surface area is 129 Å². The summed E-state index contributed by atoms with van der Waals surface area (Å²) in [5, 5.41) is 5.30. The summed E-state index contributed by atoms with van der Waals surface area (Å²) in [5.41, 5.74) is 1.92. The largest absolute Gasteiger partial charge is 0.473 e. The summed E-state index contributed by atoms with van der Waals surface area (Å²) in [4.78, 5) is 11.7. The molecule has 2 aromatic carbocycles. The van der Waals surface area contributed by atoms with Gasteiger partial charge >= 0.3 is 6.03 Å². The molecule has 22 heavy (non-hydrogen) atoms. The van der Waals surface area contributed by atoms with E-state index in [9.17, 15) is 9.18 Å². The number of para-hydroxylation sites is 1. The first-order valence-electron chi connectivity index (χ1n) is 7.16. The number of rotatable bonds is 6. The van der Waals surface area contributed by atoms with Gasteiger partial charge in [-0.3, -0.25) is 0 Å². The van der Waals surface area contributed by atoms with Gasteiger partial charge in [0.1, 0.15) is 11.6 Å². The van der Waals surface area contributed by atoms with E-state index >= 15 is 0 Å². The van der Waals surface area contributed by atoms with Crippen LogP contribution in [0, 0.1) is 5.82 Å². The first-order chi connectivity index (χ1) is 10.7. The number of carbonyl (C=O) groups is 1. The van der Waals surface area contributed by atoms with Crippen LogP contribution in [0.15, 0.2) is 48.5 Å². The smallest absolute Gasteiger partial charge is 0.317 e. The standard InChI is InChI=1S/C17H19FN2O2/c1-2-14-5-3-4-6-16(14)22-12-20-17(21)19-11-13-7-9-15(18)10-8-13/h3-10H,2,11-12H2,1H3,(H2,19,20,21). The van der Waals surface area contributed by atoms with Gasteiger partial charge in [-0.2, -0.15) is 0 Å². The molecule has 0 aliphatic carbocycles. The average Bonchev–Trinajstić information content (AvgIpc) is 2.55. The Morgan fingerprint density at radius 2 is 1.82 bits per heavy atom. The second kappa shape index (κ2) is 8.02. The predicted molar refractivity (Wildman–Crippen MR) is 83.1 cm³/mol. The number of hydrogen-bond donors (Lipinski definition) is 2. The minimum Gasteiger partial charge on any atom is -0.473 e. The zero-order chi connectivity index (χ0) is 15.8. The maximum Gasteiger partial charge on any atom is 0.317 e. The molecule has 5 heteroatoms. The van der Waals surface area contributed by atoms with E-state index in [4.69, 9.17) is 4.74 Å². The third-order valence-electron chi connectivity index (χ3n) is 3.18. The number of benzene rings is 2. The zero-order valence-corrected chi connectivity index (χ0v) is 12.4. The number of amides is 2. The molecule has 0 saturated heterocycles. The van der Waals surface area contributed by atoms with E-state index in [0.717, 1.165) is 23.3 Å². The van der Waals surface area contributed by atoms with Crippen LogP contribution in [-0.4, -0.2) is 12.8 Å². The number of nitrogens with one attached hydrogen (secondary N) is 2. The van der Waals surface area contributed by atoms with Crippen LogP contribution in [0.1, 0.15) is 18.1 Å². The molecule has 2 N–H and O–H groups in total. The first-order valence-corrected chi connectivity index (χ1v) is 7.16. The zero-order valence-electron chi connectivity index (χ0n) is 12.4. The molecule has 0 heterocycles. The van der Waals surface area contributed by atoms with Crippen molar-refractivity contribution in [2.45, 2.75) is 19.9 Å². The van der Waals surface area contributed by atoms with Crippen LogP contribution in [0.3, 0.4) is 0 Å². The molecule has 116 valence electrons. The quantitative estimate of drug-likeness (QED) is 0.805. The van der Waals surface area contributed by atoms with Crippen molar-refractivity contribution in [3.05, 3.63) is 65.5 Å². The van der Waals surface area contributed by atoms with Crippen molar-refractivity contribution in [2.24, 2.45) is 0 Å². The van der Waals surface area contributed by atoms with Gasteiger partial charge in [-0.15, -0.1) is 0 Å². The average molecular weight is 302 g/mol. The highest BCUT2D eigenvalue weighted by molar-refractivity contribution is 5.73. The predicted octanol–water partition coefficient (Wildman–Crippen LogP) is 3.22. The number of hydrogen-bond acceptors (Lipinski definition) is 2. The summed E-state index contributed by atoms with van der Waals surface area (Å²) >= 11 is 0. The molecule has 4 nitrogen and oxygen atoms in total. The number of ether oxygens (including phenoxy) is 1. The molecule has 2 amide bonds. The van der Waals surface area contributed by atoms with Crippen LogP contribution in [0.5, 0.6) is 5.75 Å². The lowest BCUT2D eigenvalue weighted by Gasteiger charge is -2.11. The van der Waals surface area contributed by atoms with Crippen molar-refractivity contribution in [1.82, 2.24) is 10.6 Å². The monoisotopic (exact) mass is 302 g/mol. The molecule has 0 atom stereocenters. The summed E-state index contributed by atoms with van der Waals surface area (Å²) in [6.45, 7) is 2.47. The lowest BCUT2D eigenvalue weighted by Crippen LogP contribution is -2.37. The Hall–Kier alpha value is -2.56. The molecular weight excluding hydrogens is 283 g/mol.